The van der Waals surface area contributed by atoms with E-state index in [0.29, 0.717) is 5.56 Å². The highest BCUT2D eigenvalue weighted by Gasteiger charge is 2.19. The highest BCUT2D eigenvalue weighted by molar-refractivity contribution is 7.98. The topological polar surface area (TPSA) is 55.4 Å². The summed E-state index contributed by atoms with van der Waals surface area (Å²) in [4.78, 5) is 25.4. The van der Waals surface area contributed by atoms with Crippen molar-refractivity contribution in [2.24, 2.45) is 0 Å². The van der Waals surface area contributed by atoms with Crippen LogP contribution in [0, 0.1) is 13.8 Å². The molecule has 2 rings (SSSR count). The van der Waals surface area contributed by atoms with Crippen LogP contribution in [-0.4, -0.2) is 24.2 Å². The summed E-state index contributed by atoms with van der Waals surface area (Å²) in [6.07, 6.45) is 1.09. The number of hydrogen-bond donors (Lipinski definition) is 1. The van der Waals surface area contributed by atoms with Crippen molar-refractivity contribution in [3.05, 3.63) is 59.2 Å². The van der Waals surface area contributed by atoms with Crippen LogP contribution in [0.25, 0.3) is 0 Å². The molecule has 5 heteroatoms. The van der Waals surface area contributed by atoms with Gasteiger partial charge in [-0.2, -0.15) is 0 Å². The first-order valence-electron chi connectivity index (χ1n) is 7.64. The Hall–Kier alpha value is -2.27. The Bertz CT molecular complexity index is 741. The fraction of sp³-hybridized carbons (Fsp3) is 0.263. The van der Waals surface area contributed by atoms with Crippen LogP contribution in [0.5, 0.6) is 0 Å². The Kier molecular flexibility index (Phi) is 6.04. The van der Waals surface area contributed by atoms with Crippen LogP contribution in [0.4, 0.5) is 5.69 Å². The molecular weight excluding hydrogens is 322 g/mol. The lowest BCUT2D eigenvalue weighted by molar-refractivity contribution is -0.123. The Morgan fingerprint density at radius 2 is 1.75 bits per heavy atom. The molecule has 2 aromatic carbocycles. The van der Waals surface area contributed by atoms with Crippen molar-refractivity contribution in [1.29, 1.82) is 0 Å². The molecule has 0 aromatic heterocycles. The molecule has 0 bridgehead atoms. The normalized spacial score (nSPS) is 11.7. The third-order valence-corrected chi connectivity index (χ3v) is 4.36. The number of ether oxygens (including phenoxy) is 1. The molecule has 0 radical (unpaired) electrons. The summed E-state index contributed by atoms with van der Waals surface area (Å²) in [7, 11) is 0. The number of esters is 1. The first-order valence-corrected chi connectivity index (χ1v) is 8.86. The van der Waals surface area contributed by atoms with Gasteiger partial charge in [0.15, 0.2) is 6.10 Å². The van der Waals surface area contributed by atoms with Gasteiger partial charge in [-0.1, -0.05) is 17.7 Å². The molecular formula is C19H21NO3S. The molecule has 1 atom stereocenters. The first-order chi connectivity index (χ1) is 11.4. The van der Waals surface area contributed by atoms with E-state index in [9.17, 15) is 9.59 Å². The van der Waals surface area contributed by atoms with Crippen LogP contribution in [0.1, 0.15) is 28.4 Å². The van der Waals surface area contributed by atoms with Gasteiger partial charge < -0.3 is 10.1 Å². The van der Waals surface area contributed by atoms with E-state index in [0.717, 1.165) is 21.7 Å². The lowest BCUT2D eigenvalue weighted by atomic mass is 10.1. The minimum atomic E-state index is -0.876. The zero-order valence-electron chi connectivity index (χ0n) is 14.3. The molecule has 0 spiro atoms. The molecule has 24 heavy (non-hydrogen) atoms. The van der Waals surface area contributed by atoms with Crippen molar-refractivity contribution in [2.75, 3.05) is 11.6 Å². The van der Waals surface area contributed by atoms with Crippen molar-refractivity contribution >= 4 is 29.3 Å². The molecule has 0 saturated carbocycles. The average Bonchev–Trinajstić information content (AvgIpc) is 2.57. The number of carbonyl (C=O) groups is 2. The van der Waals surface area contributed by atoms with Gasteiger partial charge in [0, 0.05) is 10.6 Å². The molecule has 0 unspecified atom stereocenters. The molecule has 0 heterocycles. The smallest absolute Gasteiger partial charge is 0.338 e. The minimum Gasteiger partial charge on any atom is -0.449 e. The Morgan fingerprint density at radius 3 is 2.33 bits per heavy atom. The maximum Gasteiger partial charge on any atom is 0.338 e. The Labute approximate surface area is 146 Å². The molecule has 0 saturated heterocycles. The summed E-state index contributed by atoms with van der Waals surface area (Å²) in [5.74, 6) is -0.859. The van der Waals surface area contributed by atoms with E-state index < -0.39 is 12.1 Å². The molecule has 4 nitrogen and oxygen atoms in total. The minimum absolute atomic E-state index is 0.351. The third kappa shape index (κ3) is 4.61. The van der Waals surface area contributed by atoms with Crippen molar-refractivity contribution in [2.45, 2.75) is 31.8 Å². The van der Waals surface area contributed by atoms with Crippen LogP contribution in [-0.2, 0) is 9.53 Å². The van der Waals surface area contributed by atoms with Gasteiger partial charge in [-0.15, -0.1) is 11.8 Å². The van der Waals surface area contributed by atoms with Gasteiger partial charge in [0.25, 0.3) is 5.91 Å². The molecule has 0 aliphatic carbocycles. The second kappa shape index (κ2) is 8.02. The molecule has 1 amide bonds. The van der Waals surface area contributed by atoms with E-state index in [1.54, 1.807) is 30.8 Å². The van der Waals surface area contributed by atoms with Crippen LogP contribution in [0.15, 0.2) is 47.4 Å². The summed E-state index contributed by atoms with van der Waals surface area (Å²) >= 11 is 1.60. The van der Waals surface area contributed by atoms with E-state index in [1.807, 2.05) is 50.4 Å². The number of nitrogens with one attached hydrogen (secondary N) is 1. The van der Waals surface area contributed by atoms with Crippen LogP contribution in [0.2, 0.25) is 0 Å². The number of rotatable bonds is 5. The summed E-state index contributed by atoms with van der Waals surface area (Å²) in [6.45, 7) is 5.48. The monoisotopic (exact) mass is 343 g/mol. The quantitative estimate of drug-likeness (QED) is 0.653. The first kappa shape index (κ1) is 18.1. The van der Waals surface area contributed by atoms with Gasteiger partial charge in [-0.25, -0.2) is 4.79 Å². The second-order valence-electron chi connectivity index (χ2n) is 5.58. The third-order valence-electron chi connectivity index (χ3n) is 3.62. The van der Waals surface area contributed by atoms with E-state index in [-0.39, 0.29) is 5.91 Å². The van der Waals surface area contributed by atoms with Crippen molar-refractivity contribution in [3.63, 3.8) is 0 Å². The fourth-order valence-electron chi connectivity index (χ4n) is 2.20. The zero-order valence-corrected chi connectivity index (χ0v) is 15.1. The predicted molar refractivity (Wildman–Crippen MR) is 97.6 cm³/mol. The van der Waals surface area contributed by atoms with Gasteiger partial charge in [-0.05, 0) is 62.9 Å². The molecule has 0 aliphatic heterocycles. The van der Waals surface area contributed by atoms with Gasteiger partial charge in [-0.3, -0.25) is 4.79 Å². The fourth-order valence-corrected chi connectivity index (χ4v) is 2.61. The Morgan fingerprint density at radius 1 is 1.08 bits per heavy atom. The Balaban J connectivity index is 1.98. The number of aryl methyl sites for hydroxylation is 2. The standard InChI is InChI=1S/C19H21NO3S/c1-12-5-10-17(13(2)11-12)20-18(21)14(3)23-19(22)15-6-8-16(24-4)9-7-15/h5-11,14H,1-4H3,(H,20,21)/t14-/m0/s1. The molecule has 0 fully saturated rings. The summed E-state index contributed by atoms with van der Waals surface area (Å²) in [5.41, 5.74) is 3.24. The summed E-state index contributed by atoms with van der Waals surface area (Å²) in [5, 5.41) is 2.79. The lowest BCUT2D eigenvalue weighted by Gasteiger charge is -2.15. The zero-order chi connectivity index (χ0) is 17.7. The van der Waals surface area contributed by atoms with Crippen molar-refractivity contribution < 1.29 is 14.3 Å². The number of thioether (sulfide) groups is 1. The van der Waals surface area contributed by atoms with E-state index in [1.165, 1.54) is 0 Å². The second-order valence-corrected chi connectivity index (χ2v) is 6.46. The van der Waals surface area contributed by atoms with Crippen LogP contribution < -0.4 is 5.32 Å². The molecule has 0 aliphatic rings. The average molecular weight is 343 g/mol. The number of carbonyl (C=O) groups excluding carboxylic acids is 2. The lowest BCUT2D eigenvalue weighted by Crippen LogP contribution is -2.30. The molecule has 2 aromatic rings. The number of anilines is 1. The van der Waals surface area contributed by atoms with E-state index >= 15 is 0 Å². The molecule has 126 valence electrons. The van der Waals surface area contributed by atoms with Crippen molar-refractivity contribution in [3.8, 4) is 0 Å². The van der Waals surface area contributed by atoms with E-state index in [4.69, 9.17) is 4.74 Å². The summed E-state index contributed by atoms with van der Waals surface area (Å²) < 4.78 is 5.25. The maximum atomic E-state index is 12.2. The predicted octanol–water partition coefficient (Wildman–Crippen LogP) is 4.21. The maximum absolute atomic E-state index is 12.2. The number of benzene rings is 2. The number of amides is 1. The summed E-state index contributed by atoms with van der Waals surface area (Å²) in [6, 6.07) is 12.8. The number of hydrogen-bond acceptors (Lipinski definition) is 4. The highest BCUT2D eigenvalue weighted by atomic mass is 32.2. The van der Waals surface area contributed by atoms with Crippen molar-refractivity contribution in [1.82, 2.24) is 0 Å². The van der Waals surface area contributed by atoms with Gasteiger partial charge >= 0.3 is 5.97 Å². The molecule has 1 N–H and O–H groups in total. The highest BCUT2D eigenvalue weighted by Crippen LogP contribution is 2.18. The van der Waals surface area contributed by atoms with Crippen LogP contribution in [0.3, 0.4) is 0 Å². The van der Waals surface area contributed by atoms with E-state index in [2.05, 4.69) is 5.32 Å². The SMILES string of the molecule is CSc1ccc(C(=O)O[C@@H](C)C(=O)Nc2ccc(C)cc2C)cc1. The van der Waals surface area contributed by atoms with Gasteiger partial charge in [0.1, 0.15) is 0 Å². The van der Waals surface area contributed by atoms with Gasteiger partial charge in [0.2, 0.25) is 0 Å². The van der Waals surface area contributed by atoms with Gasteiger partial charge in [0.05, 0.1) is 5.56 Å². The van der Waals surface area contributed by atoms with Crippen LogP contribution >= 0.6 is 11.8 Å². The largest absolute Gasteiger partial charge is 0.449 e.